The van der Waals surface area contributed by atoms with E-state index in [2.05, 4.69) is 13.5 Å². The fraction of sp³-hybridized carbons (Fsp3) is 0.526. The Hall–Kier alpha value is -1.97. The summed E-state index contributed by atoms with van der Waals surface area (Å²) in [6.45, 7) is 6.48. The van der Waals surface area contributed by atoms with E-state index in [0.29, 0.717) is 24.0 Å². The number of rotatable bonds is 6. The molecule has 1 aromatic carbocycles. The molecule has 1 amide bonds. The molecule has 0 heterocycles. The molecule has 1 saturated carbocycles. The maximum atomic E-state index is 12.4. The average molecular weight is 317 g/mol. The van der Waals surface area contributed by atoms with Gasteiger partial charge in [0.15, 0.2) is 11.5 Å². The lowest BCUT2D eigenvalue weighted by molar-refractivity contribution is -0.130. The Morgan fingerprint density at radius 2 is 1.96 bits per heavy atom. The molecule has 4 nitrogen and oxygen atoms in total. The number of carbonyl (C=O) groups excluding carboxylic acids is 1. The normalized spacial score (nSPS) is 20.7. The van der Waals surface area contributed by atoms with Gasteiger partial charge >= 0.3 is 0 Å². The van der Waals surface area contributed by atoms with Crippen molar-refractivity contribution in [3.8, 4) is 11.5 Å². The third kappa shape index (κ3) is 4.06. The first-order valence-corrected chi connectivity index (χ1v) is 8.24. The van der Waals surface area contributed by atoms with Crippen LogP contribution in [0.4, 0.5) is 0 Å². The van der Waals surface area contributed by atoms with Gasteiger partial charge in [-0.1, -0.05) is 32.4 Å². The first kappa shape index (κ1) is 17.4. The van der Waals surface area contributed by atoms with Gasteiger partial charge in [-0.3, -0.25) is 4.79 Å². The molecule has 4 heteroatoms. The van der Waals surface area contributed by atoms with Crippen LogP contribution in [0.1, 0.15) is 38.2 Å². The Morgan fingerprint density at radius 1 is 1.26 bits per heavy atom. The summed E-state index contributed by atoms with van der Waals surface area (Å²) in [4.78, 5) is 14.3. The molecule has 1 fully saturated rings. The van der Waals surface area contributed by atoms with E-state index in [0.717, 1.165) is 12.0 Å². The van der Waals surface area contributed by atoms with Crippen LogP contribution in [0.2, 0.25) is 0 Å². The molecule has 0 radical (unpaired) electrons. The van der Waals surface area contributed by atoms with E-state index in [1.807, 2.05) is 23.1 Å². The van der Waals surface area contributed by atoms with Crippen molar-refractivity contribution in [3.63, 3.8) is 0 Å². The fourth-order valence-corrected chi connectivity index (χ4v) is 3.41. The molecule has 126 valence electrons. The molecule has 0 spiro atoms. The topological polar surface area (TPSA) is 38.8 Å². The van der Waals surface area contributed by atoms with Crippen molar-refractivity contribution in [1.29, 1.82) is 0 Å². The predicted molar refractivity (Wildman–Crippen MR) is 91.7 cm³/mol. The van der Waals surface area contributed by atoms with E-state index < -0.39 is 0 Å². The standard InChI is InChI=1S/C19H27NO3/c1-5-19(21)20(16-9-7-6-8-14(16)2)13-15-10-11-17(22-3)18(12-15)23-4/h5,10-12,14,16H,1,6-9,13H2,2-4H3/t14-,16+/m1/s1. The summed E-state index contributed by atoms with van der Waals surface area (Å²) in [6, 6.07) is 6.09. The lowest BCUT2D eigenvalue weighted by Crippen LogP contribution is -2.44. The Morgan fingerprint density at radius 3 is 2.57 bits per heavy atom. The van der Waals surface area contributed by atoms with Crippen LogP contribution in [0.25, 0.3) is 0 Å². The minimum Gasteiger partial charge on any atom is -0.493 e. The largest absolute Gasteiger partial charge is 0.493 e. The summed E-state index contributed by atoms with van der Waals surface area (Å²) in [6.07, 6.45) is 6.10. The minimum absolute atomic E-state index is 0.00136. The van der Waals surface area contributed by atoms with Crippen molar-refractivity contribution in [1.82, 2.24) is 4.90 Å². The summed E-state index contributed by atoms with van der Waals surface area (Å²) < 4.78 is 10.6. The van der Waals surface area contributed by atoms with Gasteiger partial charge in [0.2, 0.25) is 5.91 Å². The van der Waals surface area contributed by atoms with Gasteiger partial charge in [0.25, 0.3) is 0 Å². The summed E-state index contributed by atoms with van der Waals surface area (Å²) in [5.41, 5.74) is 1.04. The van der Waals surface area contributed by atoms with Crippen LogP contribution in [0, 0.1) is 5.92 Å². The molecule has 23 heavy (non-hydrogen) atoms. The van der Waals surface area contributed by atoms with Gasteiger partial charge in [-0.15, -0.1) is 0 Å². The van der Waals surface area contributed by atoms with E-state index in [1.54, 1.807) is 14.2 Å². The van der Waals surface area contributed by atoms with Crippen LogP contribution in [-0.4, -0.2) is 31.1 Å². The van der Waals surface area contributed by atoms with Crippen molar-refractivity contribution in [3.05, 3.63) is 36.4 Å². The van der Waals surface area contributed by atoms with Crippen molar-refractivity contribution >= 4 is 5.91 Å². The average Bonchev–Trinajstić information content (AvgIpc) is 2.59. The number of nitrogens with zero attached hydrogens (tertiary/aromatic N) is 1. The highest BCUT2D eigenvalue weighted by atomic mass is 16.5. The molecule has 2 rings (SSSR count). The van der Waals surface area contributed by atoms with Crippen molar-refractivity contribution in [2.45, 2.75) is 45.2 Å². The maximum absolute atomic E-state index is 12.4. The van der Waals surface area contributed by atoms with E-state index in [1.165, 1.54) is 25.3 Å². The number of methoxy groups -OCH3 is 2. The van der Waals surface area contributed by atoms with Crippen LogP contribution in [0.15, 0.2) is 30.9 Å². The van der Waals surface area contributed by atoms with Crippen LogP contribution < -0.4 is 9.47 Å². The van der Waals surface area contributed by atoms with Crippen LogP contribution >= 0.6 is 0 Å². The summed E-state index contributed by atoms with van der Waals surface area (Å²) >= 11 is 0. The molecule has 0 unspecified atom stereocenters. The van der Waals surface area contributed by atoms with Crippen molar-refractivity contribution in [2.24, 2.45) is 5.92 Å². The molecular formula is C19H27NO3. The third-order valence-corrected chi connectivity index (χ3v) is 4.73. The Bertz CT molecular complexity index is 556. The predicted octanol–water partition coefficient (Wildman–Crippen LogP) is 3.80. The Balaban J connectivity index is 2.23. The Kier molecular flexibility index (Phi) is 6.08. The number of ether oxygens (including phenoxy) is 2. The number of hydrogen-bond acceptors (Lipinski definition) is 3. The van der Waals surface area contributed by atoms with E-state index in [4.69, 9.17) is 9.47 Å². The summed E-state index contributed by atoms with van der Waals surface area (Å²) in [5, 5.41) is 0. The van der Waals surface area contributed by atoms with Gasteiger partial charge in [-0.2, -0.15) is 0 Å². The summed E-state index contributed by atoms with van der Waals surface area (Å²) in [7, 11) is 3.24. The molecule has 0 bridgehead atoms. The lowest BCUT2D eigenvalue weighted by atomic mass is 9.84. The highest BCUT2D eigenvalue weighted by molar-refractivity contribution is 5.87. The van der Waals surface area contributed by atoms with Gasteiger partial charge in [0, 0.05) is 12.6 Å². The quantitative estimate of drug-likeness (QED) is 0.749. The highest BCUT2D eigenvalue weighted by Crippen LogP contribution is 2.32. The third-order valence-electron chi connectivity index (χ3n) is 4.73. The van der Waals surface area contributed by atoms with Gasteiger partial charge in [-0.25, -0.2) is 0 Å². The number of amides is 1. The molecule has 0 aromatic heterocycles. The van der Waals surface area contributed by atoms with Crippen molar-refractivity contribution < 1.29 is 14.3 Å². The van der Waals surface area contributed by atoms with Crippen LogP contribution in [0.5, 0.6) is 11.5 Å². The molecule has 1 aliphatic rings. The molecule has 0 saturated heterocycles. The highest BCUT2D eigenvalue weighted by Gasteiger charge is 2.29. The zero-order valence-electron chi connectivity index (χ0n) is 14.4. The van der Waals surface area contributed by atoms with E-state index in [9.17, 15) is 4.79 Å². The molecule has 1 aliphatic carbocycles. The minimum atomic E-state index is -0.00136. The second kappa shape index (κ2) is 8.04. The second-order valence-corrected chi connectivity index (χ2v) is 6.19. The molecule has 1 aromatic rings. The molecule has 0 N–H and O–H groups in total. The first-order chi connectivity index (χ1) is 11.1. The van der Waals surface area contributed by atoms with E-state index in [-0.39, 0.29) is 11.9 Å². The van der Waals surface area contributed by atoms with Crippen molar-refractivity contribution in [2.75, 3.05) is 14.2 Å². The molecular weight excluding hydrogens is 290 g/mol. The lowest BCUT2D eigenvalue weighted by Gasteiger charge is -2.38. The first-order valence-electron chi connectivity index (χ1n) is 8.24. The van der Waals surface area contributed by atoms with Gasteiger partial charge in [-0.05, 0) is 42.5 Å². The number of benzene rings is 1. The fourth-order valence-electron chi connectivity index (χ4n) is 3.41. The SMILES string of the molecule is C=CC(=O)N(Cc1ccc(OC)c(OC)c1)[C@H]1CCCC[C@H]1C. The van der Waals surface area contributed by atoms with Gasteiger partial charge in [0.1, 0.15) is 0 Å². The zero-order valence-corrected chi connectivity index (χ0v) is 14.4. The number of hydrogen-bond donors (Lipinski definition) is 0. The maximum Gasteiger partial charge on any atom is 0.246 e. The Labute approximate surface area is 139 Å². The summed E-state index contributed by atoms with van der Waals surface area (Å²) in [5.74, 6) is 1.91. The monoisotopic (exact) mass is 317 g/mol. The second-order valence-electron chi connectivity index (χ2n) is 6.19. The molecule has 2 atom stereocenters. The smallest absolute Gasteiger partial charge is 0.246 e. The zero-order chi connectivity index (χ0) is 16.8. The van der Waals surface area contributed by atoms with Gasteiger partial charge < -0.3 is 14.4 Å². The van der Waals surface area contributed by atoms with Gasteiger partial charge in [0.05, 0.1) is 14.2 Å². The van der Waals surface area contributed by atoms with Crippen LogP contribution in [-0.2, 0) is 11.3 Å². The van der Waals surface area contributed by atoms with E-state index >= 15 is 0 Å². The number of carbonyl (C=O) groups is 1. The van der Waals surface area contributed by atoms with Crippen LogP contribution in [0.3, 0.4) is 0 Å². The molecule has 0 aliphatic heterocycles.